The van der Waals surface area contributed by atoms with Gasteiger partial charge in [0.1, 0.15) is 5.67 Å². The van der Waals surface area contributed by atoms with Crippen LogP contribution in [0.5, 0.6) is 0 Å². The molecule has 54 valence electrons. The minimum Gasteiger partial charge on any atom is -0.393 e. The Morgan fingerprint density at radius 2 is 2.22 bits per heavy atom. The quantitative estimate of drug-likeness (QED) is 0.603. The van der Waals surface area contributed by atoms with Crippen molar-refractivity contribution < 1.29 is 9.50 Å². The topological polar surface area (TPSA) is 20.2 Å². The van der Waals surface area contributed by atoms with Gasteiger partial charge in [0.2, 0.25) is 0 Å². The number of alkyl halides is 1. The highest BCUT2D eigenvalue weighted by atomic mass is 19.1. The number of hydrogen-bond acceptors (Lipinski definition) is 1. The van der Waals surface area contributed by atoms with Crippen molar-refractivity contribution >= 4 is 0 Å². The van der Waals surface area contributed by atoms with E-state index in [0.29, 0.717) is 12.8 Å². The van der Waals surface area contributed by atoms with E-state index >= 15 is 0 Å². The van der Waals surface area contributed by atoms with Gasteiger partial charge in [-0.05, 0) is 19.8 Å². The smallest absolute Gasteiger partial charge is 0.113 e. The van der Waals surface area contributed by atoms with Crippen LogP contribution in [0.1, 0.15) is 26.7 Å². The van der Waals surface area contributed by atoms with Crippen LogP contribution < -0.4 is 0 Å². The molecule has 3 unspecified atom stereocenters. The third-order valence-corrected chi connectivity index (χ3v) is 2.22. The molecule has 1 rings (SSSR count). The minimum absolute atomic E-state index is 0.0810. The Hall–Kier alpha value is -0.110. The van der Waals surface area contributed by atoms with Crippen LogP contribution in [0.25, 0.3) is 0 Å². The Morgan fingerprint density at radius 1 is 1.78 bits per heavy atom. The maximum Gasteiger partial charge on any atom is 0.113 e. The van der Waals surface area contributed by atoms with Crippen LogP contribution in [0.15, 0.2) is 0 Å². The molecule has 1 aliphatic rings. The van der Waals surface area contributed by atoms with Gasteiger partial charge in [0, 0.05) is 5.92 Å². The average Bonchev–Trinajstić information content (AvgIpc) is 2.47. The summed E-state index contributed by atoms with van der Waals surface area (Å²) < 4.78 is 13.1. The fourth-order valence-corrected chi connectivity index (χ4v) is 1.09. The summed E-state index contributed by atoms with van der Waals surface area (Å²) in [5, 5.41) is 8.85. The van der Waals surface area contributed by atoms with Crippen LogP contribution in [0.2, 0.25) is 0 Å². The van der Waals surface area contributed by atoms with Crippen LogP contribution in [-0.2, 0) is 0 Å². The van der Waals surface area contributed by atoms with Gasteiger partial charge < -0.3 is 5.11 Å². The van der Waals surface area contributed by atoms with Crippen LogP contribution in [0.4, 0.5) is 4.39 Å². The van der Waals surface area contributed by atoms with Crippen LogP contribution >= 0.6 is 0 Å². The normalized spacial score (nSPS) is 40.0. The van der Waals surface area contributed by atoms with E-state index in [9.17, 15) is 4.39 Å². The zero-order valence-electron chi connectivity index (χ0n) is 5.89. The molecule has 2 heteroatoms. The summed E-state index contributed by atoms with van der Waals surface area (Å²) in [6, 6.07) is 0. The SMILES string of the molecule is CCC(C)(F)C1CC1O. The van der Waals surface area contributed by atoms with Gasteiger partial charge in [0.25, 0.3) is 0 Å². The van der Waals surface area contributed by atoms with Crippen molar-refractivity contribution in [3.63, 3.8) is 0 Å². The molecule has 0 aromatic carbocycles. The summed E-state index contributed by atoms with van der Waals surface area (Å²) in [4.78, 5) is 0. The maximum atomic E-state index is 13.1. The first-order valence-corrected chi connectivity index (χ1v) is 3.45. The lowest BCUT2D eigenvalue weighted by molar-refractivity contribution is 0.117. The van der Waals surface area contributed by atoms with Gasteiger partial charge in [-0.25, -0.2) is 4.39 Å². The molecule has 9 heavy (non-hydrogen) atoms. The molecule has 1 aliphatic carbocycles. The summed E-state index contributed by atoms with van der Waals surface area (Å²) in [6.45, 7) is 3.37. The first-order valence-electron chi connectivity index (χ1n) is 3.45. The molecule has 1 saturated carbocycles. The maximum absolute atomic E-state index is 13.1. The summed E-state index contributed by atoms with van der Waals surface area (Å²) >= 11 is 0. The van der Waals surface area contributed by atoms with E-state index in [1.54, 1.807) is 6.92 Å². The van der Waals surface area contributed by atoms with Gasteiger partial charge >= 0.3 is 0 Å². The monoisotopic (exact) mass is 132 g/mol. The number of rotatable bonds is 2. The molecule has 1 fully saturated rings. The highest BCUT2D eigenvalue weighted by molar-refractivity contribution is 4.98. The molecule has 0 radical (unpaired) electrons. The van der Waals surface area contributed by atoms with Crippen LogP contribution in [0, 0.1) is 5.92 Å². The molecule has 1 nitrogen and oxygen atoms in total. The summed E-state index contributed by atoms with van der Waals surface area (Å²) in [7, 11) is 0. The number of aliphatic hydroxyl groups excluding tert-OH is 1. The molecular formula is C7H13FO. The highest BCUT2D eigenvalue weighted by Gasteiger charge is 2.48. The number of hydrogen-bond donors (Lipinski definition) is 1. The Balaban J connectivity index is 2.41. The van der Waals surface area contributed by atoms with Gasteiger partial charge in [-0.2, -0.15) is 0 Å². The Kier molecular flexibility index (Phi) is 1.51. The molecule has 1 N–H and O–H groups in total. The highest BCUT2D eigenvalue weighted by Crippen LogP contribution is 2.43. The van der Waals surface area contributed by atoms with E-state index in [-0.39, 0.29) is 12.0 Å². The third-order valence-electron chi connectivity index (χ3n) is 2.22. The number of aliphatic hydroxyl groups is 1. The lowest BCUT2D eigenvalue weighted by Gasteiger charge is -2.16. The van der Waals surface area contributed by atoms with Crippen molar-refractivity contribution in [2.45, 2.75) is 38.5 Å². The fraction of sp³-hybridized carbons (Fsp3) is 1.00. The molecule has 0 amide bonds. The van der Waals surface area contributed by atoms with E-state index in [1.807, 2.05) is 6.92 Å². The lowest BCUT2D eigenvalue weighted by atomic mass is 10.00. The van der Waals surface area contributed by atoms with Crippen molar-refractivity contribution in [3.8, 4) is 0 Å². The van der Waals surface area contributed by atoms with Gasteiger partial charge in [-0.15, -0.1) is 0 Å². The second-order valence-electron chi connectivity index (χ2n) is 3.04. The predicted molar refractivity (Wildman–Crippen MR) is 33.9 cm³/mol. The molecule has 0 aliphatic heterocycles. The van der Waals surface area contributed by atoms with Gasteiger partial charge in [0.05, 0.1) is 6.10 Å². The largest absolute Gasteiger partial charge is 0.393 e. The zero-order chi connectivity index (χ0) is 7.07. The summed E-state index contributed by atoms with van der Waals surface area (Å²) in [6.07, 6.45) is 0.801. The van der Waals surface area contributed by atoms with Gasteiger partial charge in [-0.1, -0.05) is 6.92 Å². The molecule has 0 aromatic rings. The molecule has 0 saturated heterocycles. The van der Waals surface area contributed by atoms with Crippen molar-refractivity contribution in [1.82, 2.24) is 0 Å². The van der Waals surface area contributed by atoms with E-state index in [0.717, 1.165) is 0 Å². The average molecular weight is 132 g/mol. The second kappa shape index (κ2) is 1.94. The molecule has 3 atom stereocenters. The molecule has 0 aromatic heterocycles. The molecule has 0 heterocycles. The predicted octanol–water partition coefficient (Wildman–Crippen LogP) is 1.51. The van der Waals surface area contributed by atoms with Crippen LogP contribution in [0.3, 0.4) is 0 Å². The second-order valence-corrected chi connectivity index (χ2v) is 3.04. The molecule has 0 spiro atoms. The van der Waals surface area contributed by atoms with Gasteiger partial charge in [0.15, 0.2) is 0 Å². The molecule has 0 bridgehead atoms. The third kappa shape index (κ3) is 1.23. The summed E-state index contributed by atoms with van der Waals surface area (Å²) in [5.41, 5.74) is -1.13. The Bertz CT molecular complexity index is 111. The summed E-state index contributed by atoms with van der Waals surface area (Å²) in [5.74, 6) is -0.0810. The van der Waals surface area contributed by atoms with Crippen molar-refractivity contribution in [1.29, 1.82) is 0 Å². The Labute approximate surface area is 54.9 Å². The molecular weight excluding hydrogens is 119 g/mol. The van der Waals surface area contributed by atoms with Crippen LogP contribution in [-0.4, -0.2) is 16.9 Å². The fourth-order valence-electron chi connectivity index (χ4n) is 1.09. The van der Waals surface area contributed by atoms with E-state index in [4.69, 9.17) is 5.11 Å². The Morgan fingerprint density at radius 3 is 2.33 bits per heavy atom. The minimum atomic E-state index is -1.13. The zero-order valence-corrected chi connectivity index (χ0v) is 5.89. The lowest BCUT2D eigenvalue weighted by Crippen LogP contribution is -2.21. The van der Waals surface area contributed by atoms with Crippen molar-refractivity contribution in [2.24, 2.45) is 5.92 Å². The van der Waals surface area contributed by atoms with Crippen molar-refractivity contribution in [3.05, 3.63) is 0 Å². The standard InChI is InChI=1S/C7H13FO/c1-3-7(2,8)5-4-6(5)9/h5-6,9H,3-4H2,1-2H3. The first-order chi connectivity index (χ1) is 4.08. The van der Waals surface area contributed by atoms with Gasteiger partial charge in [-0.3, -0.25) is 0 Å². The van der Waals surface area contributed by atoms with E-state index in [2.05, 4.69) is 0 Å². The van der Waals surface area contributed by atoms with E-state index < -0.39 is 5.67 Å². The number of halogens is 1. The van der Waals surface area contributed by atoms with Crippen molar-refractivity contribution in [2.75, 3.05) is 0 Å². The first kappa shape index (κ1) is 7.00. The van der Waals surface area contributed by atoms with E-state index in [1.165, 1.54) is 0 Å².